The molecule has 1 aliphatic carbocycles. The van der Waals surface area contributed by atoms with Crippen molar-refractivity contribution in [3.63, 3.8) is 0 Å². The summed E-state index contributed by atoms with van der Waals surface area (Å²) in [4.78, 5) is 2.58. The molecule has 1 unspecified atom stereocenters. The van der Waals surface area contributed by atoms with Gasteiger partial charge >= 0.3 is 0 Å². The van der Waals surface area contributed by atoms with Gasteiger partial charge in [0.05, 0.1) is 13.2 Å². The van der Waals surface area contributed by atoms with Crippen molar-refractivity contribution in [1.29, 1.82) is 0 Å². The van der Waals surface area contributed by atoms with Crippen molar-refractivity contribution >= 4 is 12.2 Å². The van der Waals surface area contributed by atoms with E-state index in [9.17, 15) is 0 Å². The first-order valence-corrected chi connectivity index (χ1v) is 8.26. The third kappa shape index (κ3) is 2.67. The van der Waals surface area contributed by atoms with E-state index in [1.54, 1.807) is 7.11 Å². The third-order valence-corrected chi connectivity index (χ3v) is 4.84. The highest BCUT2D eigenvalue weighted by Gasteiger charge is 2.28. The van der Waals surface area contributed by atoms with Crippen molar-refractivity contribution in [3.05, 3.63) is 64.7 Å². The summed E-state index contributed by atoms with van der Waals surface area (Å²) in [6.07, 6.45) is 4.47. The van der Waals surface area contributed by atoms with E-state index < -0.39 is 0 Å². The van der Waals surface area contributed by atoms with Gasteiger partial charge in [0.1, 0.15) is 5.75 Å². The van der Waals surface area contributed by atoms with Gasteiger partial charge in [-0.25, -0.2) is 0 Å². The van der Waals surface area contributed by atoms with Crippen LogP contribution in [0.1, 0.15) is 28.3 Å². The maximum Gasteiger partial charge on any atom is 0.119 e. The molecule has 3 nitrogen and oxygen atoms in total. The van der Waals surface area contributed by atoms with E-state index in [4.69, 9.17) is 4.74 Å². The van der Waals surface area contributed by atoms with Crippen LogP contribution in [0.2, 0.25) is 0 Å². The van der Waals surface area contributed by atoms with Gasteiger partial charge in [0.2, 0.25) is 0 Å². The van der Waals surface area contributed by atoms with Crippen molar-refractivity contribution in [2.75, 3.05) is 33.3 Å². The Balaban J connectivity index is 1.89. The zero-order chi connectivity index (χ0) is 15.6. The Morgan fingerprint density at radius 3 is 2.48 bits per heavy atom. The largest absolute Gasteiger partial charge is 0.497 e. The Bertz CT molecular complexity index is 732. The molecule has 1 saturated heterocycles. The molecule has 0 amide bonds. The standard InChI is InChI=1S/C20H22N2O/c1-23-17-9-8-16-7-6-15-4-2-3-5-18(15)20(19(16)14-17)22-12-10-21-11-13-22/h2-9,14,20-21H,10-13H2,1H3. The molecule has 1 N–H and O–H groups in total. The quantitative estimate of drug-likeness (QED) is 0.922. The van der Waals surface area contributed by atoms with Crippen molar-refractivity contribution in [2.45, 2.75) is 6.04 Å². The van der Waals surface area contributed by atoms with Gasteiger partial charge in [-0.15, -0.1) is 0 Å². The van der Waals surface area contributed by atoms with Crippen LogP contribution in [0.25, 0.3) is 12.2 Å². The smallest absolute Gasteiger partial charge is 0.119 e. The molecule has 2 aliphatic rings. The second kappa shape index (κ2) is 6.19. The first-order chi connectivity index (χ1) is 11.4. The Labute approximate surface area is 137 Å². The molecule has 0 saturated carbocycles. The molecule has 0 spiro atoms. The molecule has 1 aliphatic heterocycles. The predicted molar refractivity (Wildman–Crippen MR) is 94.6 cm³/mol. The number of fused-ring (bicyclic) bond motifs is 2. The molecular weight excluding hydrogens is 284 g/mol. The van der Waals surface area contributed by atoms with Crippen LogP contribution in [-0.2, 0) is 0 Å². The average molecular weight is 306 g/mol. The van der Waals surface area contributed by atoms with Gasteiger partial charge in [-0.2, -0.15) is 0 Å². The Hall–Kier alpha value is -2.10. The van der Waals surface area contributed by atoms with E-state index in [1.165, 1.54) is 22.3 Å². The molecule has 23 heavy (non-hydrogen) atoms. The van der Waals surface area contributed by atoms with Crippen molar-refractivity contribution < 1.29 is 4.74 Å². The van der Waals surface area contributed by atoms with Crippen LogP contribution >= 0.6 is 0 Å². The zero-order valence-corrected chi connectivity index (χ0v) is 13.5. The first kappa shape index (κ1) is 14.5. The van der Waals surface area contributed by atoms with Gasteiger partial charge in [-0.1, -0.05) is 42.5 Å². The number of hydrogen-bond donors (Lipinski definition) is 1. The lowest BCUT2D eigenvalue weighted by atomic mass is 9.92. The predicted octanol–water partition coefficient (Wildman–Crippen LogP) is 3.17. The third-order valence-electron chi connectivity index (χ3n) is 4.84. The summed E-state index contributed by atoms with van der Waals surface area (Å²) in [7, 11) is 1.74. The number of rotatable bonds is 2. The Kier molecular flexibility index (Phi) is 3.90. The van der Waals surface area contributed by atoms with Crippen LogP contribution in [0.4, 0.5) is 0 Å². The number of nitrogens with one attached hydrogen (secondary N) is 1. The minimum Gasteiger partial charge on any atom is -0.497 e. The second-order valence-corrected chi connectivity index (χ2v) is 6.15. The highest BCUT2D eigenvalue weighted by Crippen LogP contribution is 2.38. The van der Waals surface area contributed by atoms with Gasteiger partial charge in [-0.05, 0) is 34.4 Å². The normalized spacial score (nSPS) is 20.5. The lowest BCUT2D eigenvalue weighted by Gasteiger charge is -2.36. The lowest BCUT2D eigenvalue weighted by Crippen LogP contribution is -2.45. The van der Waals surface area contributed by atoms with E-state index in [2.05, 4.69) is 58.8 Å². The fourth-order valence-corrected chi connectivity index (χ4v) is 3.66. The van der Waals surface area contributed by atoms with Crippen LogP contribution < -0.4 is 10.1 Å². The minimum absolute atomic E-state index is 0.286. The summed E-state index contributed by atoms with van der Waals surface area (Å²) in [5.74, 6) is 0.927. The fourth-order valence-electron chi connectivity index (χ4n) is 3.66. The summed E-state index contributed by atoms with van der Waals surface area (Å²) >= 11 is 0. The van der Waals surface area contributed by atoms with Gasteiger partial charge in [0, 0.05) is 26.2 Å². The Morgan fingerprint density at radius 2 is 1.70 bits per heavy atom. The summed E-state index contributed by atoms with van der Waals surface area (Å²) in [5.41, 5.74) is 5.32. The van der Waals surface area contributed by atoms with Gasteiger partial charge < -0.3 is 10.1 Å². The highest BCUT2D eigenvalue weighted by atomic mass is 16.5. The number of methoxy groups -OCH3 is 1. The van der Waals surface area contributed by atoms with Crippen molar-refractivity contribution in [3.8, 4) is 5.75 Å². The lowest BCUT2D eigenvalue weighted by molar-refractivity contribution is 0.198. The maximum atomic E-state index is 5.49. The maximum absolute atomic E-state index is 5.49. The van der Waals surface area contributed by atoms with E-state index >= 15 is 0 Å². The molecular formula is C20H22N2O. The Morgan fingerprint density at radius 1 is 0.957 bits per heavy atom. The van der Waals surface area contributed by atoms with Crippen LogP contribution in [-0.4, -0.2) is 38.2 Å². The number of benzene rings is 2. The van der Waals surface area contributed by atoms with Crippen molar-refractivity contribution in [1.82, 2.24) is 10.2 Å². The van der Waals surface area contributed by atoms with Gasteiger partial charge in [0.15, 0.2) is 0 Å². The molecule has 1 atom stereocenters. The van der Waals surface area contributed by atoms with E-state index in [0.717, 1.165) is 31.9 Å². The summed E-state index contributed by atoms with van der Waals surface area (Å²) < 4.78 is 5.49. The molecule has 4 rings (SSSR count). The molecule has 2 aromatic carbocycles. The molecule has 1 heterocycles. The van der Waals surface area contributed by atoms with Crippen LogP contribution in [0, 0.1) is 0 Å². The van der Waals surface area contributed by atoms with E-state index in [-0.39, 0.29) is 6.04 Å². The molecule has 0 aromatic heterocycles. The van der Waals surface area contributed by atoms with E-state index in [0.29, 0.717) is 0 Å². The van der Waals surface area contributed by atoms with Crippen LogP contribution in [0.5, 0.6) is 5.75 Å². The fraction of sp³-hybridized carbons (Fsp3) is 0.300. The number of hydrogen-bond acceptors (Lipinski definition) is 3. The zero-order valence-electron chi connectivity index (χ0n) is 13.5. The molecule has 2 aromatic rings. The average Bonchev–Trinajstić information content (AvgIpc) is 2.78. The van der Waals surface area contributed by atoms with Crippen molar-refractivity contribution in [2.24, 2.45) is 0 Å². The minimum atomic E-state index is 0.286. The topological polar surface area (TPSA) is 24.5 Å². The SMILES string of the molecule is COc1ccc2c(c1)C(N1CCNCC1)c1ccccc1C=C2. The number of nitrogens with zero attached hydrogens (tertiary/aromatic N) is 1. The number of piperazine rings is 1. The molecule has 0 radical (unpaired) electrons. The number of ether oxygens (including phenoxy) is 1. The van der Waals surface area contributed by atoms with Crippen LogP contribution in [0.15, 0.2) is 42.5 Å². The van der Waals surface area contributed by atoms with Gasteiger partial charge in [-0.3, -0.25) is 4.90 Å². The molecule has 118 valence electrons. The molecule has 0 bridgehead atoms. The van der Waals surface area contributed by atoms with Crippen LogP contribution in [0.3, 0.4) is 0 Å². The summed E-state index contributed by atoms with van der Waals surface area (Å²) in [6, 6.07) is 15.5. The monoisotopic (exact) mass is 306 g/mol. The first-order valence-electron chi connectivity index (χ1n) is 8.26. The summed E-state index contributed by atoms with van der Waals surface area (Å²) in [5, 5.41) is 3.46. The van der Waals surface area contributed by atoms with E-state index in [1.807, 2.05) is 6.07 Å². The molecule has 3 heteroatoms. The second-order valence-electron chi connectivity index (χ2n) is 6.15. The highest BCUT2D eigenvalue weighted by molar-refractivity contribution is 5.76. The summed E-state index contributed by atoms with van der Waals surface area (Å²) in [6.45, 7) is 4.22. The van der Waals surface area contributed by atoms with Gasteiger partial charge in [0.25, 0.3) is 0 Å². The molecule has 1 fully saturated rings.